The number of nitrogens with zero attached hydrogens (tertiary/aromatic N) is 2. The van der Waals surface area contributed by atoms with Crippen LogP contribution in [0.15, 0.2) is 5.38 Å². The summed E-state index contributed by atoms with van der Waals surface area (Å²) in [5.41, 5.74) is 7.55. The maximum Gasteiger partial charge on any atom is 0.113 e. The SMILES string of the molecule is Cc1csc(C2(N)CC3CCC(C2)N3C)n1. The molecule has 1 aromatic rings. The molecule has 0 amide bonds. The standard InChI is InChI=1S/C12H19N3S/c1-8-7-16-11(14-8)12(13)5-9-3-4-10(6-12)15(9)2/h7,9-10H,3-6,13H2,1-2H3. The van der Waals surface area contributed by atoms with Crippen LogP contribution in [0.25, 0.3) is 0 Å². The lowest BCUT2D eigenvalue weighted by Crippen LogP contribution is -2.52. The summed E-state index contributed by atoms with van der Waals surface area (Å²) >= 11 is 1.73. The number of fused-ring (bicyclic) bond motifs is 2. The zero-order chi connectivity index (χ0) is 11.3. The highest BCUT2D eigenvalue weighted by atomic mass is 32.1. The number of piperidine rings is 1. The first-order valence-electron chi connectivity index (χ1n) is 6.02. The van der Waals surface area contributed by atoms with Gasteiger partial charge in [-0.25, -0.2) is 4.98 Å². The summed E-state index contributed by atoms with van der Waals surface area (Å²) in [7, 11) is 2.25. The highest BCUT2D eigenvalue weighted by Crippen LogP contribution is 2.43. The molecular formula is C12H19N3S. The molecule has 0 aliphatic carbocycles. The summed E-state index contributed by atoms with van der Waals surface area (Å²) < 4.78 is 0. The normalized spacial score (nSPS) is 39.2. The van der Waals surface area contributed by atoms with Crippen molar-refractivity contribution < 1.29 is 0 Å². The number of aryl methyl sites for hydroxylation is 1. The van der Waals surface area contributed by atoms with E-state index in [0.29, 0.717) is 12.1 Å². The van der Waals surface area contributed by atoms with Crippen LogP contribution in [0.4, 0.5) is 0 Å². The second-order valence-corrected chi connectivity index (χ2v) is 6.27. The average molecular weight is 237 g/mol. The fourth-order valence-corrected chi connectivity index (χ4v) is 4.20. The number of hydrogen-bond acceptors (Lipinski definition) is 4. The Morgan fingerprint density at radius 2 is 2.06 bits per heavy atom. The molecule has 2 atom stereocenters. The van der Waals surface area contributed by atoms with Crippen LogP contribution < -0.4 is 5.73 Å². The van der Waals surface area contributed by atoms with Crippen LogP contribution in [-0.2, 0) is 5.54 Å². The molecule has 16 heavy (non-hydrogen) atoms. The lowest BCUT2D eigenvalue weighted by molar-refractivity contribution is 0.113. The maximum atomic E-state index is 6.60. The van der Waals surface area contributed by atoms with Crippen LogP contribution in [0, 0.1) is 6.92 Å². The predicted molar refractivity (Wildman–Crippen MR) is 66.5 cm³/mol. The fourth-order valence-electron chi connectivity index (χ4n) is 3.26. The molecule has 2 aliphatic heterocycles. The first-order valence-corrected chi connectivity index (χ1v) is 6.90. The van der Waals surface area contributed by atoms with E-state index >= 15 is 0 Å². The van der Waals surface area contributed by atoms with Crippen LogP contribution in [0.1, 0.15) is 36.4 Å². The minimum Gasteiger partial charge on any atom is -0.319 e. The maximum absolute atomic E-state index is 6.60. The van der Waals surface area contributed by atoms with Crippen molar-refractivity contribution in [2.75, 3.05) is 7.05 Å². The number of nitrogens with two attached hydrogens (primary N) is 1. The van der Waals surface area contributed by atoms with Gasteiger partial charge in [0.2, 0.25) is 0 Å². The molecule has 3 rings (SSSR count). The molecule has 2 bridgehead atoms. The summed E-state index contributed by atoms with van der Waals surface area (Å²) in [4.78, 5) is 7.12. The molecular weight excluding hydrogens is 218 g/mol. The lowest BCUT2D eigenvalue weighted by Gasteiger charge is -2.41. The Labute approximate surface area is 101 Å². The van der Waals surface area contributed by atoms with E-state index in [1.807, 2.05) is 6.92 Å². The molecule has 2 unspecified atom stereocenters. The zero-order valence-corrected chi connectivity index (χ0v) is 10.8. The minimum absolute atomic E-state index is 0.155. The van der Waals surface area contributed by atoms with Gasteiger partial charge in [-0.1, -0.05) is 0 Å². The van der Waals surface area contributed by atoms with Crippen molar-refractivity contribution in [2.45, 2.75) is 50.2 Å². The highest BCUT2D eigenvalue weighted by Gasteiger charge is 2.46. The van der Waals surface area contributed by atoms with Crippen molar-refractivity contribution in [3.05, 3.63) is 16.1 Å². The number of hydrogen-bond donors (Lipinski definition) is 1. The third-order valence-electron chi connectivity index (χ3n) is 4.23. The Hall–Kier alpha value is -0.450. The summed E-state index contributed by atoms with van der Waals surface area (Å²) in [6.07, 6.45) is 4.77. The highest BCUT2D eigenvalue weighted by molar-refractivity contribution is 7.09. The van der Waals surface area contributed by atoms with Gasteiger partial charge in [0.05, 0.1) is 5.54 Å². The van der Waals surface area contributed by atoms with Gasteiger partial charge in [-0.05, 0) is 39.7 Å². The molecule has 0 aromatic carbocycles. The van der Waals surface area contributed by atoms with E-state index in [1.165, 1.54) is 12.8 Å². The Kier molecular flexibility index (Phi) is 2.35. The molecule has 3 nitrogen and oxygen atoms in total. The van der Waals surface area contributed by atoms with E-state index in [2.05, 4.69) is 22.3 Å². The van der Waals surface area contributed by atoms with E-state index < -0.39 is 0 Å². The van der Waals surface area contributed by atoms with Crippen LogP contribution in [0.5, 0.6) is 0 Å². The smallest absolute Gasteiger partial charge is 0.113 e. The van der Waals surface area contributed by atoms with Crippen LogP contribution in [0.2, 0.25) is 0 Å². The molecule has 4 heteroatoms. The Morgan fingerprint density at radius 1 is 1.44 bits per heavy atom. The molecule has 0 spiro atoms. The van der Waals surface area contributed by atoms with Crippen molar-refractivity contribution in [1.82, 2.24) is 9.88 Å². The second kappa shape index (κ2) is 3.52. The summed E-state index contributed by atoms with van der Waals surface area (Å²) in [5, 5.41) is 3.26. The van der Waals surface area contributed by atoms with Gasteiger partial charge in [-0.2, -0.15) is 0 Å². The van der Waals surface area contributed by atoms with Gasteiger partial charge in [0.1, 0.15) is 5.01 Å². The van der Waals surface area contributed by atoms with Gasteiger partial charge in [-0.15, -0.1) is 11.3 Å². The molecule has 3 heterocycles. The third kappa shape index (κ3) is 1.51. The van der Waals surface area contributed by atoms with Crippen LogP contribution >= 0.6 is 11.3 Å². The first-order chi connectivity index (χ1) is 7.58. The third-order valence-corrected chi connectivity index (χ3v) is 5.41. The first kappa shape index (κ1) is 10.7. The topological polar surface area (TPSA) is 42.1 Å². The van der Waals surface area contributed by atoms with E-state index in [4.69, 9.17) is 5.73 Å². The molecule has 0 radical (unpaired) electrons. The molecule has 2 N–H and O–H groups in total. The quantitative estimate of drug-likeness (QED) is 0.810. The van der Waals surface area contributed by atoms with Crippen molar-refractivity contribution in [1.29, 1.82) is 0 Å². The van der Waals surface area contributed by atoms with Crippen LogP contribution in [-0.4, -0.2) is 29.0 Å². The monoisotopic (exact) mass is 237 g/mol. The van der Waals surface area contributed by atoms with Crippen molar-refractivity contribution in [2.24, 2.45) is 5.73 Å². The van der Waals surface area contributed by atoms with Crippen molar-refractivity contribution >= 4 is 11.3 Å². The Morgan fingerprint density at radius 3 is 2.56 bits per heavy atom. The average Bonchev–Trinajstić information content (AvgIpc) is 2.73. The summed E-state index contributed by atoms with van der Waals surface area (Å²) in [6, 6.07) is 1.35. The molecule has 2 saturated heterocycles. The second-order valence-electron chi connectivity index (χ2n) is 5.41. The fraction of sp³-hybridized carbons (Fsp3) is 0.750. The number of thiazole rings is 1. The van der Waals surface area contributed by atoms with Crippen LogP contribution in [0.3, 0.4) is 0 Å². The van der Waals surface area contributed by atoms with E-state index in [-0.39, 0.29) is 5.54 Å². The largest absolute Gasteiger partial charge is 0.319 e. The predicted octanol–water partition coefficient (Wildman–Crippen LogP) is 1.86. The molecule has 2 fully saturated rings. The van der Waals surface area contributed by atoms with Gasteiger partial charge in [-0.3, -0.25) is 0 Å². The molecule has 0 saturated carbocycles. The van der Waals surface area contributed by atoms with Gasteiger partial charge in [0, 0.05) is 23.2 Å². The van der Waals surface area contributed by atoms with Gasteiger partial charge >= 0.3 is 0 Å². The number of rotatable bonds is 1. The van der Waals surface area contributed by atoms with Gasteiger partial charge in [0.25, 0.3) is 0 Å². The zero-order valence-electron chi connectivity index (χ0n) is 9.94. The van der Waals surface area contributed by atoms with E-state index in [0.717, 1.165) is 23.5 Å². The summed E-state index contributed by atoms with van der Waals surface area (Å²) in [5.74, 6) is 0. The van der Waals surface area contributed by atoms with Crippen molar-refractivity contribution in [3.63, 3.8) is 0 Å². The summed E-state index contributed by atoms with van der Waals surface area (Å²) in [6.45, 7) is 2.05. The van der Waals surface area contributed by atoms with E-state index in [1.54, 1.807) is 11.3 Å². The molecule has 1 aromatic heterocycles. The Balaban J connectivity index is 1.90. The van der Waals surface area contributed by atoms with Crippen molar-refractivity contribution in [3.8, 4) is 0 Å². The Bertz CT molecular complexity index is 387. The van der Waals surface area contributed by atoms with Gasteiger partial charge < -0.3 is 10.6 Å². The number of aromatic nitrogens is 1. The van der Waals surface area contributed by atoms with Gasteiger partial charge in [0.15, 0.2) is 0 Å². The lowest BCUT2D eigenvalue weighted by atomic mass is 9.84. The molecule has 88 valence electrons. The molecule has 2 aliphatic rings. The minimum atomic E-state index is -0.155. The van der Waals surface area contributed by atoms with E-state index in [9.17, 15) is 0 Å².